The number of hydrogen-bond acceptors (Lipinski definition) is 11. The van der Waals surface area contributed by atoms with Crippen LogP contribution >= 0.6 is 0 Å². The first-order valence-corrected chi connectivity index (χ1v) is 14.8. The van der Waals surface area contributed by atoms with Crippen LogP contribution in [-0.4, -0.2) is 109 Å². The highest BCUT2D eigenvalue weighted by Gasteiger charge is 2.73. The van der Waals surface area contributed by atoms with E-state index in [2.05, 4.69) is 0 Å². The molecule has 0 amide bonds. The van der Waals surface area contributed by atoms with Gasteiger partial charge < -0.3 is 50.0 Å². The molecule has 2 heterocycles. The van der Waals surface area contributed by atoms with Crippen molar-refractivity contribution in [3.63, 3.8) is 0 Å². The van der Waals surface area contributed by atoms with Crippen molar-refractivity contribution in [1.29, 1.82) is 0 Å². The second-order valence-electron chi connectivity index (χ2n) is 13.7. The second kappa shape index (κ2) is 9.68. The summed E-state index contributed by atoms with van der Waals surface area (Å²) in [6.07, 6.45) is -2.94. The van der Waals surface area contributed by atoms with Crippen LogP contribution in [0.3, 0.4) is 0 Å². The van der Waals surface area contributed by atoms with Crippen molar-refractivity contribution < 1.29 is 54.8 Å². The summed E-state index contributed by atoms with van der Waals surface area (Å²) in [6, 6.07) is 0. The molecule has 5 fully saturated rings. The molecule has 2 aliphatic heterocycles. The molecule has 0 radical (unpaired) electrons. The highest BCUT2D eigenvalue weighted by atomic mass is 16.7. The number of aliphatic hydroxyl groups is 7. The van der Waals surface area contributed by atoms with Gasteiger partial charge in [0, 0.05) is 29.2 Å². The topological polar surface area (TPSA) is 186 Å². The van der Waals surface area contributed by atoms with Gasteiger partial charge in [0.05, 0.1) is 36.1 Å². The molecule has 0 aromatic carbocycles. The van der Waals surface area contributed by atoms with E-state index in [1.165, 1.54) is 6.08 Å². The molecule has 0 aromatic rings. The maximum atomic E-state index is 12.4. The maximum absolute atomic E-state index is 12.4. The Kier molecular flexibility index (Phi) is 7.01. The molecule has 11 nitrogen and oxygen atoms in total. The zero-order valence-corrected chi connectivity index (χ0v) is 23.2. The molecule has 0 spiro atoms. The smallest absolute Gasteiger partial charge is 0.331 e. The highest BCUT2D eigenvalue weighted by molar-refractivity contribution is 5.85. The van der Waals surface area contributed by atoms with E-state index in [4.69, 9.17) is 14.2 Å². The van der Waals surface area contributed by atoms with Gasteiger partial charge in [-0.25, -0.2) is 4.79 Å². The minimum atomic E-state index is -1.46. The minimum absolute atomic E-state index is 0.104. The van der Waals surface area contributed by atoms with Crippen LogP contribution in [0.25, 0.3) is 0 Å². The molecule has 11 heteroatoms. The van der Waals surface area contributed by atoms with Gasteiger partial charge in [0.25, 0.3) is 0 Å². The molecule has 0 bridgehead atoms. The lowest BCUT2D eigenvalue weighted by molar-refractivity contribution is -0.327. The Morgan fingerprint density at radius 2 is 1.75 bits per heavy atom. The Labute approximate surface area is 233 Å². The minimum Gasteiger partial charge on any atom is -0.458 e. The fraction of sp³-hybridized carbons (Fsp3) is 0.897. The fourth-order valence-electron chi connectivity index (χ4n) is 10.0. The molecule has 226 valence electrons. The summed E-state index contributed by atoms with van der Waals surface area (Å²) in [7, 11) is 0. The third-order valence-electron chi connectivity index (χ3n) is 12.1. The van der Waals surface area contributed by atoms with Crippen LogP contribution in [0.1, 0.15) is 65.2 Å². The van der Waals surface area contributed by atoms with Gasteiger partial charge in [-0.15, -0.1) is 0 Å². The molecular formula is C29H44O11. The van der Waals surface area contributed by atoms with E-state index in [0.29, 0.717) is 38.5 Å². The Morgan fingerprint density at radius 3 is 2.42 bits per heavy atom. The summed E-state index contributed by atoms with van der Waals surface area (Å²) >= 11 is 0. The van der Waals surface area contributed by atoms with E-state index >= 15 is 0 Å². The normalized spacial score (nSPS) is 56.1. The molecule has 4 aliphatic carbocycles. The SMILES string of the molecule is C[C@@H]1OC(O[C@H]2CC[C@]3(CO)[C@H]4[C@H](O)C[C@]5(C)[C@@H](C6=CC(=O)OC6)CC[C@]5(O)[C@@H]4CC[C@]3(O)C2)[C@H](O)[C@H](O)[C@@H]1O. The number of carbonyl (C=O) groups excluding carboxylic acids is 1. The number of fused-ring (bicyclic) bond motifs is 5. The van der Waals surface area contributed by atoms with Gasteiger partial charge in [0.2, 0.25) is 0 Å². The first-order chi connectivity index (χ1) is 18.8. The molecule has 4 saturated carbocycles. The summed E-state index contributed by atoms with van der Waals surface area (Å²) in [6.45, 7) is 3.41. The summed E-state index contributed by atoms with van der Waals surface area (Å²) < 4.78 is 16.8. The number of ether oxygens (including phenoxy) is 3. The predicted octanol–water partition coefficient (Wildman–Crippen LogP) is -0.486. The van der Waals surface area contributed by atoms with Crippen molar-refractivity contribution in [3.8, 4) is 0 Å². The molecular weight excluding hydrogens is 524 g/mol. The monoisotopic (exact) mass is 568 g/mol. The van der Waals surface area contributed by atoms with E-state index < -0.39 is 70.9 Å². The maximum Gasteiger partial charge on any atom is 0.331 e. The molecule has 0 aromatic heterocycles. The van der Waals surface area contributed by atoms with Crippen LogP contribution in [0.5, 0.6) is 0 Å². The average Bonchev–Trinajstić information content (AvgIpc) is 3.45. The van der Waals surface area contributed by atoms with Crippen LogP contribution in [0.15, 0.2) is 11.6 Å². The molecule has 14 atom stereocenters. The summed E-state index contributed by atoms with van der Waals surface area (Å²) in [5.74, 6) is -1.38. The number of aliphatic hydroxyl groups excluding tert-OH is 5. The molecule has 6 aliphatic rings. The second-order valence-corrected chi connectivity index (χ2v) is 13.7. The van der Waals surface area contributed by atoms with Gasteiger partial charge in [0.1, 0.15) is 24.9 Å². The summed E-state index contributed by atoms with van der Waals surface area (Å²) in [5.41, 5.74) is -3.43. The Morgan fingerprint density at radius 1 is 1.00 bits per heavy atom. The van der Waals surface area contributed by atoms with Crippen LogP contribution in [0.4, 0.5) is 0 Å². The third kappa shape index (κ3) is 3.85. The van der Waals surface area contributed by atoms with Crippen molar-refractivity contribution in [1.82, 2.24) is 0 Å². The first kappa shape index (κ1) is 28.9. The van der Waals surface area contributed by atoms with Crippen molar-refractivity contribution in [2.75, 3.05) is 13.2 Å². The van der Waals surface area contributed by atoms with Crippen LogP contribution < -0.4 is 0 Å². The molecule has 1 unspecified atom stereocenters. The van der Waals surface area contributed by atoms with E-state index in [9.17, 15) is 40.5 Å². The Hall–Kier alpha value is -1.15. The van der Waals surface area contributed by atoms with E-state index in [-0.39, 0.29) is 43.9 Å². The van der Waals surface area contributed by atoms with Crippen molar-refractivity contribution in [2.45, 2.75) is 119 Å². The van der Waals surface area contributed by atoms with Crippen LogP contribution in [0, 0.1) is 28.6 Å². The highest BCUT2D eigenvalue weighted by Crippen LogP contribution is 2.70. The van der Waals surface area contributed by atoms with Gasteiger partial charge >= 0.3 is 5.97 Å². The van der Waals surface area contributed by atoms with Crippen LogP contribution in [0.2, 0.25) is 0 Å². The number of hydrogen-bond donors (Lipinski definition) is 7. The average molecular weight is 569 g/mol. The van der Waals surface area contributed by atoms with Gasteiger partial charge in [-0.3, -0.25) is 0 Å². The molecule has 7 N–H and O–H groups in total. The van der Waals surface area contributed by atoms with Crippen molar-refractivity contribution in [2.24, 2.45) is 28.6 Å². The van der Waals surface area contributed by atoms with Crippen molar-refractivity contribution >= 4 is 5.97 Å². The van der Waals surface area contributed by atoms with Crippen molar-refractivity contribution in [3.05, 3.63) is 11.6 Å². The first-order valence-electron chi connectivity index (χ1n) is 14.8. The zero-order chi connectivity index (χ0) is 28.8. The van der Waals surface area contributed by atoms with Gasteiger partial charge in [-0.05, 0) is 69.3 Å². The van der Waals surface area contributed by atoms with Gasteiger partial charge in [0.15, 0.2) is 6.29 Å². The standard InChI is InChI=1S/C29H44O11/c1-14-22(33)23(34)24(35)25(39-14)40-16-3-6-27(13-30)21-18(4-7-28(27,36)10-16)29(37)8-5-17(15-9-20(32)38-12-15)26(29,2)11-19(21)31/h9,14,16-19,21-25,30-31,33-37H,3-8,10-13H2,1-2H3/t14-,16-,17+,18+,19+,21+,22+,23+,24+,25?,26+,27-,28-,29-/m0/s1. The van der Waals surface area contributed by atoms with E-state index in [1.807, 2.05) is 6.92 Å². The fourth-order valence-corrected chi connectivity index (χ4v) is 10.0. The lowest BCUT2D eigenvalue weighted by atomic mass is 9.40. The lowest BCUT2D eigenvalue weighted by Gasteiger charge is -2.67. The zero-order valence-electron chi connectivity index (χ0n) is 23.2. The largest absolute Gasteiger partial charge is 0.458 e. The van der Waals surface area contributed by atoms with E-state index in [1.54, 1.807) is 6.92 Å². The number of esters is 1. The van der Waals surface area contributed by atoms with Gasteiger partial charge in [-0.2, -0.15) is 0 Å². The van der Waals surface area contributed by atoms with E-state index in [0.717, 1.165) is 5.57 Å². The molecule has 40 heavy (non-hydrogen) atoms. The predicted molar refractivity (Wildman–Crippen MR) is 137 cm³/mol. The lowest BCUT2D eigenvalue weighted by Crippen LogP contribution is -2.72. The number of cyclic esters (lactones) is 1. The quantitative estimate of drug-likeness (QED) is 0.171. The molecule has 6 rings (SSSR count). The molecule has 1 saturated heterocycles. The number of carbonyl (C=O) groups is 1. The Balaban J connectivity index is 1.25. The third-order valence-corrected chi connectivity index (χ3v) is 12.1. The summed E-state index contributed by atoms with van der Waals surface area (Å²) in [4.78, 5) is 11.8. The van der Waals surface area contributed by atoms with Crippen LogP contribution in [-0.2, 0) is 19.0 Å². The Bertz CT molecular complexity index is 1050. The van der Waals surface area contributed by atoms with Gasteiger partial charge in [-0.1, -0.05) is 6.92 Å². The summed E-state index contributed by atoms with van der Waals surface area (Å²) in [5, 5.41) is 77.8. The number of rotatable bonds is 4.